The first-order chi connectivity index (χ1) is 8.99. The lowest BCUT2D eigenvalue weighted by molar-refractivity contribution is -0.0428. The maximum absolute atomic E-state index is 12.2. The summed E-state index contributed by atoms with van der Waals surface area (Å²) in [5.74, 6) is -1.32. The van der Waals surface area contributed by atoms with Gasteiger partial charge in [0.05, 0.1) is 12.7 Å². The molecule has 1 aliphatic heterocycles. The quantitative estimate of drug-likeness (QED) is 0.897. The first-order valence-electron chi connectivity index (χ1n) is 6.23. The van der Waals surface area contributed by atoms with Crippen LogP contribution in [0.5, 0.6) is 0 Å². The molecule has 104 valence electrons. The number of furan rings is 1. The van der Waals surface area contributed by atoms with Crippen molar-refractivity contribution in [1.82, 2.24) is 4.90 Å². The number of carbonyl (C=O) groups is 2. The maximum atomic E-state index is 12.2. The number of morpholine rings is 1. The van der Waals surface area contributed by atoms with Crippen LogP contribution in [0.3, 0.4) is 0 Å². The van der Waals surface area contributed by atoms with Gasteiger partial charge < -0.3 is 19.2 Å². The number of ether oxygens (including phenoxy) is 1. The van der Waals surface area contributed by atoms with Gasteiger partial charge in [0.2, 0.25) is 5.76 Å². The molecule has 6 nitrogen and oxygen atoms in total. The zero-order chi connectivity index (χ0) is 14.0. The Kier molecular flexibility index (Phi) is 3.90. The van der Waals surface area contributed by atoms with Crippen LogP contribution in [0.15, 0.2) is 16.5 Å². The van der Waals surface area contributed by atoms with Crippen LogP contribution in [0.1, 0.15) is 35.0 Å². The Morgan fingerprint density at radius 2 is 2.05 bits per heavy atom. The fraction of sp³-hybridized carbons (Fsp3) is 0.538. The Hall–Kier alpha value is -1.82. The minimum absolute atomic E-state index is 0.00612. The van der Waals surface area contributed by atoms with E-state index in [1.165, 1.54) is 12.1 Å². The summed E-state index contributed by atoms with van der Waals surface area (Å²) in [6.45, 7) is 5.55. The molecule has 1 aromatic heterocycles. The van der Waals surface area contributed by atoms with Crippen molar-refractivity contribution in [3.05, 3.63) is 23.7 Å². The molecule has 0 aliphatic carbocycles. The number of carboxylic acids is 1. The minimum atomic E-state index is -1.18. The summed E-state index contributed by atoms with van der Waals surface area (Å²) < 4.78 is 10.6. The standard InChI is InChI=1S/C13H17NO5/c1-8(2)11-7-14(5-6-18-11)12(15)9-3-4-10(19-9)13(16)17/h3-4,8,11H,5-7H2,1-2H3,(H,16,17). The predicted octanol–water partition coefficient (Wildman–Crippen LogP) is 1.47. The lowest BCUT2D eigenvalue weighted by Gasteiger charge is -2.34. The number of aromatic carboxylic acids is 1. The van der Waals surface area contributed by atoms with Crippen molar-refractivity contribution in [3.8, 4) is 0 Å². The molecule has 1 aliphatic rings. The molecular weight excluding hydrogens is 250 g/mol. The molecule has 1 N–H and O–H groups in total. The lowest BCUT2D eigenvalue weighted by Crippen LogP contribution is -2.47. The predicted molar refractivity (Wildman–Crippen MR) is 66.1 cm³/mol. The molecule has 1 aromatic rings. The van der Waals surface area contributed by atoms with Gasteiger partial charge in [0.25, 0.3) is 5.91 Å². The Balaban J connectivity index is 2.08. The van der Waals surface area contributed by atoms with E-state index in [9.17, 15) is 9.59 Å². The number of carboxylic acid groups (broad SMARTS) is 1. The molecule has 1 unspecified atom stereocenters. The Morgan fingerprint density at radius 1 is 1.37 bits per heavy atom. The van der Waals surface area contributed by atoms with Gasteiger partial charge in [-0.3, -0.25) is 4.79 Å². The summed E-state index contributed by atoms with van der Waals surface area (Å²) >= 11 is 0. The Morgan fingerprint density at radius 3 is 2.63 bits per heavy atom. The van der Waals surface area contributed by atoms with Crippen molar-refractivity contribution < 1.29 is 23.8 Å². The number of carbonyl (C=O) groups excluding carboxylic acids is 1. The minimum Gasteiger partial charge on any atom is -0.475 e. The molecule has 0 radical (unpaired) electrons. The molecule has 0 bridgehead atoms. The second kappa shape index (κ2) is 5.44. The van der Waals surface area contributed by atoms with Gasteiger partial charge in [0, 0.05) is 13.1 Å². The molecule has 0 spiro atoms. The second-order valence-corrected chi connectivity index (χ2v) is 4.87. The van der Waals surface area contributed by atoms with Crippen LogP contribution in [-0.4, -0.2) is 47.7 Å². The highest BCUT2D eigenvalue weighted by molar-refractivity contribution is 5.93. The molecule has 6 heteroatoms. The van der Waals surface area contributed by atoms with E-state index in [0.717, 1.165) is 0 Å². The van der Waals surface area contributed by atoms with Crippen LogP contribution in [-0.2, 0) is 4.74 Å². The fourth-order valence-corrected chi connectivity index (χ4v) is 1.99. The fourth-order valence-electron chi connectivity index (χ4n) is 1.99. The molecular formula is C13H17NO5. The van der Waals surface area contributed by atoms with Gasteiger partial charge in [-0.05, 0) is 18.1 Å². The summed E-state index contributed by atoms with van der Waals surface area (Å²) in [7, 11) is 0. The van der Waals surface area contributed by atoms with Gasteiger partial charge in [-0.2, -0.15) is 0 Å². The van der Waals surface area contributed by atoms with Crippen molar-refractivity contribution in [2.75, 3.05) is 19.7 Å². The summed E-state index contributed by atoms with van der Waals surface area (Å²) in [6, 6.07) is 2.68. The number of rotatable bonds is 3. The Labute approximate surface area is 110 Å². The van der Waals surface area contributed by atoms with Gasteiger partial charge in [0.1, 0.15) is 0 Å². The molecule has 2 heterocycles. The summed E-state index contributed by atoms with van der Waals surface area (Å²) in [6.07, 6.45) is 0.00612. The average molecular weight is 267 g/mol. The third kappa shape index (κ3) is 2.96. The van der Waals surface area contributed by atoms with Crippen molar-refractivity contribution in [2.45, 2.75) is 20.0 Å². The van der Waals surface area contributed by atoms with Crippen molar-refractivity contribution in [2.24, 2.45) is 5.92 Å². The summed E-state index contributed by atoms with van der Waals surface area (Å²) in [5.41, 5.74) is 0. The molecule has 1 amide bonds. The third-order valence-corrected chi connectivity index (χ3v) is 3.15. The highest BCUT2D eigenvalue weighted by atomic mass is 16.5. The molecule has 0 aromatic carbocycles. The highest BCUT2D eigenvalue weighted by Gasteiger charge is 2.28. The van der Waals surface area contributed by atoms with Gasteiger partial charge in [-0.15, -0.1) is 0 Å². The van der Waals surface area contributed by atoms with Crippen LogP contribution in [0, 0.1) is 5.92 Å². The van der Waals surface area contributed by atoms with E-state index >= 15 is 0 Å². The average Bonchev–Trinajstić information content (AvgIpc) is 2.87. The van der Waals surface area contributed by atoms with Crippen LogP contribution in [0.2, 0.25) is 0 Å². The number of hydrogen-bond donors (Lipinski definition) is 1. The van der Waals surface area contributed by atoms with Crippen LogP contribution < -0.4 is 0 Å². The van der Waals surface area contributed by atoms with Crippen LogP contribution in [0.25, 0.3) is 0 Å². The number of nitrogens with zero attached hydrogens (tertiary/aromatic N) is 1. The van der Waals surface area contributed by atoms with Crippen molar-refractivity contribution >= 4 is 11.9 Å². The maximum Gasteiger partial charge on any atom is 0.371 e. The SMILES string of the molecule is CC(C)C1CN(C(=O)c2ccc(C(=O)O)o2)CCO1. The van der Waals surface area contributed by atoms with E-state index in [1.54, 1.807) is 4.90 Å². The topological polar surface area (TPSA) is 80.0 Å². The van der Waals surface area contributed by atoms with E-state index in [1.807, 2.05) is 13.8 Å². The third-order valence-electron chi connectivity index (χ3n) is 3.15. The second-order valence-electron chi connectivity index (χ2n) is 4.87. The summed E-state index contributed by atoms with van der Waals surface area (Å²) in [4.78, 5) is 24.5. The molecule has 1 saturated heterocycles. The van der Waals surface area contributed by atoms with Gasteiger partial charge >= 0.3 is 5.97 Å². The zero-order valence-electron chi connectivity index (χ0n) is 11.0. The molecule has 1 fully saturated rings. The van der Waals surface area contributed by atoms with E-state index in [-0.39, 0.29) is 23.5 Å². The highest BCUT2D eigenvalue weighted by Crippen LogP contribution is 2.17. The number of hydrogen-bond acceptors (Lipinski definition) is 4. The van der Waals surface area contributed by atoms with Crippen molar-refractivity contribution in [3.63, 3.8) is 0 Å². The van der Waals surface area contributed by atoms with E-state index < -0.39 is 5.97 Å². The summed E-state index contributed by atoms with van der Waals surface area (Å²) in [5, 5.41) is 8.77. The smallest absolute Gasteiger partial charge is 0.371 e. The number of amides is 1. The van der Waals surface area contributed by atoms with Gasteiger partial charge in [0.15, 0.2) is 5.76 Å². The normalized spacial score (nSPS) is 19.7. The first kappa shape index (κ1) is 13.6. The van der Waals surface area contributed by atoms with Crippen LogP contribution >= 0.6 is 0 Å². The molecule has 2 rings (SSSR count). The Bertz CT molecular complexity index is 479. The van der Waals surface area contributed by atoms with E-state index in [2.05, 4.69) is 0 Å². The molecule has 1 atom stereocenters. The largest absolute Gasteiger partial charge is 0.475 e. The molecule has 0 saturated carbocycles. The zero-order valence-corrected chi connectivity index (χ0v) is 11.0. The monoisotopic (exact) mass is 267 g/mol. The van der Waals surface area contributed by atoms with Gasteiger partial charge in [-0.25, -0.2) is 4.79 Å². The molecule has 19 heavy (non-hydrogen) atoms. The van der Waals surface area contributed by atoms with Crippen LogP contribution in [0.4, 0.5) is 0 Å². The van der Waals surface area contributed by atoms with Gasteiger partial charge in [-0.1, -0.05) is 13.8 Å². The lowest BCUT2D eigenvalue weighted by atomic mass is 10.1. The van der Waals surface area contributed by atoms with Crippen molar-refractivity contribution in [1.29, 1.82) is 0 Å². The van der Waals surface area contributed by atoms with E-state index in [4.69, 9.17) is 14.3 Å². The first-order valence-corrected chi connectivity index (χ1v) is 6.23. The van der Waals surface area contributed by atoms with E-state index in [0.29, 0.717) is 25.6 Å².